The molecule has 2 aromatic rings. The molecular weight excluding hydrogens is 340 g/mol. The van der Waals surface area contributed by atoms with Crippen LogP contribution in [0, 0.1) is 0 Å². The maximum atomic E-state index is 12.3. The van der Waals surface area contributed by atoms with Crippen molar-refractivity contribution in [1.29, 1.82) is 0 Å². The van der Waals surface area contributed by atoms with Crippen LogP contribution in [0.15, 0.2) is 42.5 Å². The van der Waals surface area contributed by atoms with E-state index in [0.29, 0.717) is 27.6 Å². The van der Waals surface area contributed by atoms with Crippen LogP contribution in [0.2, 0.25) is 5.02 Å². The second-order valence-electron chi connectivity index (χ2n) is 4.80. The first-order chi connectivity index (χ1) is 10.8. The van der Waals surface area contributed by atoms with E-state index in [4.69, 9.17) is 21.5 Å². The van der Waals surface area contributed by atoms with Gasteiger partial charge in [-0.25, -0.2) is 13.6 Å². The van der Waals surface area contributed by atoms with E-state index in [1.807, 2.05) is 0 Å². The fourth-order valence-electron chi connectivity index (χ4n) is 1.97. The number of rotatable bonds is 5. The van der Waals surface area contributed by atoms with Crippen molar-refractivity contribution < 1.29 is 17.9 Å². The number of carbonyl (C=O) groups is 1. The summed E-state index contributed by atoms with van der Waals surface area (Å²) in [6.07, 6.45) is 0. The van der Waals surface area contributed by atoms with Crippen molar-refractivity contribution in [2.24, 2.45) is 5.14 Å². The molecule has 6 nitrogen and oxygen atoms in total. The number of nitrogens with two attached hydrogens (primary N) is 1. The number of hydrogen-bond acceptors (Lipinski definition) is 4. The molecule has 3 N–H and O–H groups in total. The third-order valence-electron chi connectivity index (χ3n) is 2.99. The minimum atomic E-state index is -3.59. The van der Waals surface area contributed by atoms with Crippen molar-refractivity contribution in [2.45, 2.75) is 5.75 Å². The molecule has 0 saturated heterocycles. The predicted molar refractivity (Wildman–Crippen MR) is 89.2 cm³/mol. The Balaban J connectivity index is 2.16. The average molecular weight is 355 g/mol. The monoisotopic (exact) mass is 354 g/mol. The molecule has 0 fully saturated rings. The van der Waals surface area contributed by atoms with Crippen LogP contribution in [-0.2, 0) is 15.8 Å². The predicted octanol–water partition coefficient (Wildman–Crippen LogP) is 2.39. The Morgan fingerprint density at radius 3 is 2.43 bits per heavy atom. The van der Waals surface area contributed by atoms with E-state index in [9.17, 15) is 13.2 Å². The number of anilines is 1. The van der Waals surface area contributed by atoms with Crippen LogP contribution in [0.5, 0.6) is 5.75 Å². The number of nitrogens with one attached hydrogen (secondary N) is 1. The van der Waals surface area contributed by atoms with Gasteiger partial charge < -0.3 is 10.1 Å². The Morgan fingerprint density at radius 2 is 1.87 bits per heavy atom. The van der Waals surface area contributed by atoms with Crippen LogP contribution in [0.25, 0.3) is 0 Å². The van der Waals surface area contributed by atoms with Gasteiger partial charge >= 0.3 is 0 Å². The summed E-state index contributed by atoms with van der Waals surface area (Å²) in [7, 11) is -2.13. The lowest BCUT2D eigenvalue weighted by Crippen LogP contribution is -2.15. The number of ether oxygens (including phenoxy) is 1. The quantitative estimate of drug-likeness (QED) is 0.861. The first-order valence-corrected chi connectivity index (χ1v) is 8.62. The van der Waals surface area contributed by atoms with Gasteiger partial charge in [0.25, 0.3) is 5.91 Å². The van der Waals surface area contributed by atoms with E-state index < -0.39 is 10.0 Å². The normalized spacial score (nSPS) is 11.1. The number of methoxy groups -OCH3 is 1. The van der Waals surface area contributed by atoms with Gasteiger partial charge in [0.15, 0.2) is 0 Å². The Bertz CT molecular complexity index is 820. The lowest BCUT2D eigenvalue weighted by molar-refractivity contribution is 0.102. The largest absolute Gasteiger partial charge is 0.496 e. The maximum Gasteiger partial charge on any atom is 0.259 e. The summed E-state index contributed by atoms with van der Waals surface area (Å²) in [5, 5.41) is 8.09. The minimum Gasteiger partial charge on any atom is -0.496 e. The Morgan fingerprint density at radius 1 is 1.22 bits per heavy atom. The smallest absolute Gasteiger partial charge is 0.259 e. The Hall–Kier alpha value is -2.09. The zero-order valence-electron chi connectivity index (χ0n) is 12.2. The zero-order chi connectivity index (χ0) is 17.0. The van der Waals surface area contributed by atoms with E-state index >= 15 is 0 Å². The topological polar surface area (TPSA) is 98.5 Å². The third-order valence-corrected chi connectivity index (χ3v) is 3.96. The number of hydrogen-bond donors (Lipinski definition) is 2. The van der Waals surface area contributed by atoms with Crippen LogP contribution < -0.4 is 15.2 Å². The summed E-state index contributed by atoms with van der Waals surface area (Å²) in [6, 6.07) is 11.1. The van der Waals surface area contributed by atoms with Crippen LogP contribution in [0.1, 0.15) is 15.9 Å². The van der Waals surface area contributed by atoms with E-state index in [1.165, 1.54) is 13.2 Å². The van der Waals surface area contributed by atoms with Crippen LogP contribution in [0.4, 0.5) is 5.69 Å². The van der Waals surface area contributed by atoms with Crippen LogP contribution in [0.3, 0.4) is 0 Å². The summed E-state index contributed by atoms with van der Waals surface area (Å²) in [6.45, 7) is 0. The molecule has 0 atom stereocenters. The van der Waals surface area contributed by atoms with Crippen molar-refractivity contribution in [3.8, 4) is 5.75 Å². The van der Waals surface area contributed by atoms with Gasteiger partial charge in [0, 0.05) is 10.7 Å². The molecule has 0 spiro atoms. The molecule has 0 radical (unpaired) electrons. The number of halogens is 1. The van der Waals surface area contributed by atoms with Gasteiger partial charge in [-0.3, -0.25) is 4.79 Å². The first-order valence-electron chi connectivity index (χ1n) is 6.53. The number of amides is 1. The summed E-state index contributed by atoms with van der Waals surface area (Å²) >= 11 is 5.90. The summed E-state index contributed by atoms with van der Waals surface area (Å²) in [4.78, 5) is 12.3. The molecule has 0 unspecified atom stereocenters. The molecule has 122 valence electrons. The second kappa shape index (κ2) is 6.99. The van der Waals surface area contributed by atoms with Crippen molar-refractivity contribution in [2.75, 3.05) is 12.4 Å². The Kier molecular flexibility index (Phi) is 5.25. The molecule has 8 heteroatoms. The van der Waals surface area contributed by atoms with Crippen molar-refractivity contribution in [3.63, 3.8) is 0 Å². The molecule has 0 aliphatic carbocycles. The highest BCUT2D eigenvalue weighted by Crippen LogP contribution is 2.24. The molecule has 0 heterocycles. The van der Waals surface area contributed by atoms with E-state index in [1.54, 1.807) is 36.4 Å². The summed E-state index contributed by atoms with van der Waals surface area (Å²) in [5.41, 5.74) is 1.34. The Labute approximate surface area is 139 Å². The van der Waals surface area contributed by atoms with Crippen molar-refractivity contribution in [3.05, 3.63) is 58.6 Å². The van der Waals surface area contributed by atoms with Gasteiger partial charge in [-0.15, -0.1) is 0 Å². The number of carbonyl (C=O) groups excluding carboxylic acids is 1. The highest BCUT2D eigenvalue weighted by atomic mass is 35.5. The van der Waals surface area contributed by atoms with Crippen LogP contribution in [-0.4, -0.2) is 21.4 Å². The molecule has 0 aromatic heterocycles. The van der Waals surface area contributed by atoms with Crippen molar-refractivity contribution in [1.82, 2.24) is 0 Å². The van der Waals surface area contributed by atoms with E-state index in [0.717, 1.165) is 0 Å². The van der Waals surface area contributed by atoms with E-state index in [2.05, 4.69) is 5.32 Å². The van der Waals surface area contributed by atoms with Gasteiger partial charge in [0.05, 0.1) is 18.4 Å². The standard InChI is InChI=1S/C15H15ClN2O4S/c1-22-14-7-4-11(16)8-13(14)15(19)18-12-5-2-10(3-6-12)9-23(17,20)21/h2-8H,9H2,1H3,(H,18,19)(H2,17,20,21). The number of benzene rings is 2. The highest BCUT2D eigenvalue weighted by molar-refractivity contribution is 7.88. The van der Waals surface area contributed by atoms with E-state index in [-0.39, 0.29) is 11.7 Å². The number of primary sulfonamides is 1. The molecule has 2 aromatic carbocycles. The summed E-state index contributed by atoms with van der Waals surface area (Å²) in [5.74, 6) is -0.245. The zero-order valence-corrected chi connectivity index (χ0v) is 13.8. The van der Waals surface area contributed by atoms with Gasteiger partial charge in [0.1, 0.15) is 5.75 Å². The molecule has 0 saturated carbocycles. The minimum absolute atomic E-state index is 0.261. The summed E-state index contributed by atoms with van der Waals surface area (Å²) < 4.78 is 27.2. The van der Waals surface area contributed by atoms with Gasteiger partial charge in [-0.05, 0) is 35.9 Å². The lowest BCUT2D eigenvalue weighted by atomic mass is 10.1. The van der Waals surface area contributed by atoms with Gasteiger partial charge in [-0.2, -0.15) is 0 Å². The molecule has 0 bridgehead atoms. The third kappa shape index (κ3) is 4.95. The van der Waals surface area contributed by atoms with Crippen LogP contribution >= 0.6 is 11.6 Å². The second-order valence-corrected chi connectivity index (χ2v) is 6.85. The fraction of sp³-hybridized carbons (Fsp3) is 0.133. The molecule has 0 aliphatic heterocycles. The van der Waals surface area contributed by atoms with Crippen molar-refractivity contribution >= 4 is 33.2 Å². The average Bonchev–Trinajstić information content (AvgIpc) is 2.47. The highest BCUT2D eigenvalue weighted by Gasteiger charge is 2.13. The maximum absolute atomic E-state index is 12.3. The first kappa shape index (κ1) is 17.3. The number of sulfonamides is 1. The molecule has 2 rings (SSSR count). The van der Waals surface area contributed by atoms with Gasteiger partial charge in [0.2, 0.25) is 10.0 Å². The SMILES string of the molecule is COc1ccc(Cl)cc1C(=O)Nc1ccc(CS(N)(=O)=O)cc1. The lowest BCUT2D eigenvalue weighted by Gasteiger charge is -2.10. The molecule has 23 heavy (non-hydrogen) atoms. The fourth-order valence-corrected chi connectivity index (χ4v) is 2.80. The molecular formula is C15H15ClN2O4S. The molecule has 1 amide bonds. The molecule has 0 aliphatic rings. The van der Waals surface area contributed by atoms with Gasteiger partial charge in [-0.1, -0.05) is 23.7 Å².